The van der Waals surface area contributed by atoms with Crippen molar-refractivity contribution >= 4 is 40.2 Å². The van der Waals surface area contributed by atoms with Crippen LogP contribution in [0, 0.1) is 6.92 Å². The Labute approximate surface area is 181 Å². The summed E-state index contributed by atoms with van der Waals surface area (Å²) in [4.78, 5) is 28.4. The topological polar surface area (TPSA) is 92.4 Å². The predicted molar refractivity (Wildman–Crippen MR) is 114 cm³/mol. The molecule has 1 aliphatic heterocycles. The Bertz CT molecular complexity index is 824. The monoisotopic (exact) mass is 520 g/mol. The van der Waals surface area contributed by atoms with E-state index >= 15 is 0 Å². The maximum atomic E-state index is 13.0. The van der Waals surface area contributed by atoms with E-state index in [0.717, 1.165) is 22.6 Å². The molecule has 3 N–H and O–H groups in total. The van der Waals surface area contributed by atoms with Crippen molar-refractivity contribution in [2.45, 2.75) is 43.4 Å². The fourth-order valence-electron chi connectivity index (χ4n) is 2.52. The lowest BCUT2D eigenvalue weighted by atomic mass is 10.1. The molecule has 0 radical (unpaired) electrons. The lowest BCUT2D eigenvalue weighted by Crippen LogP contribution is -2.43. The maximum Gasteiger partial charge on any atom is 0.319 e. The number of halogens is 3. The standard InChI is InChI=1S/C19H23F2IN4O3/c1-4-16(27)26-15-9-13(8-11(2)23-15)18(28)24-12(3)14-6-5-7-17(25-14)29-10-19(20,21)22/h5-9,12,17,25H,4,10H2,1-3H3,(H,24,28)(H,23,26,27)/t12?,17-/m1/s1. The first-order valence-corrected chi connectivity index (χ1v) is 10.1. The van der Waals surface area contributed by atoms with Gasteiger partial charge in [0.1, 0.15) is 18.7 Å². The van der Waals surface area contributed by atoms with Crippen molar-refractivity contribution in [3.63, 3.8) is 0 Å². The smallest absolute Gasteiger partial charge is 0.319 e. The van der Waals surface area contributed by atoms with Crippen LogP contribution < -0.4 is 16.0 Å². The average molecular weight is 520 g/mol. The van der Waals surface area contributed by atoms with E-state index in [2.05, 4.69) is 20.9 Å². The van der Waals surface area contributed by atoms with Crippen molar-refractivity contribution < 1.29 is 23.1 Å². The van der Waals surface area contributed by atoms with Gasteiger partial charge in [-0.15, -0.1) is 0 Å². The van der Waals surface area contributed by atoms with E-state index in [0.29, 0.717) is 29.2 Å². The number of hydrogen-bond acceptors (Lipinski definition) is 5. The Morgan fingerprint density at radius 3 is 2.79 bits per heavy atom. The first-order chi connectivity index (χ1) is 13.6. The van der Waals surface area contributed by atoms with E-state index in [-0.39, 0.29) is 11.8 Å². The van der Waals surface area contributed by atoms with Gasteiger partial charge < -0.3 is 20.7 Å². The number of pyridine rings is 1. The Balaban J connectivity index is 2.00. The van der Waals surface area contributed by atoms with Crippen molar-refractivity contribution in [2.24, 2.45) is 0 Å². The summed E-state index contributed by atoms with van der Waals surface area (Å²) in [5, 5.41) is 8.44. The molecule has 1 aromatic rings. The zero-order valence-electron chi connectivity index (χ0n) is 16.3. The SMILES string of the molecule is CCC(=O)Nc1cc(C(=O)NC(C)C2=CC=C[C@@H](OCC(F)(F)I)N2)cc(C)n1. The Morgan fingerprint density at radius 1 is 1.41 bits per heavy atom. The van der Waals surface area contributed by atoms with Gasteiger partial charge >= 0.3 is 3.93 Å². The number of hydrogen-bond donors (Lipinski definition) is 3. The van der Waals surface area contributed by atoms with Crippen LogP contribution in [0.3, 0.4) is 0 Å². The third kappa shape index (κ3) is 7.69. The van der Waals surface area contributed by atoms with Crippen LogP contribution in [0.5, 0.6) is 0 Å². The summed E-state index contributed by atoms with van der Waals surface area (Å²) in [6.07, 6.45) is 4.61. The van der Waals surface area contributed by atoms with Crippen LogP contribution in [0.25, 0.3) is 0 Å². The number of nitrogens with one attached hydrogen (secondary N) is 3. The van der Waals surface area contributed by atoms with Crippen molar-refractivity contribution in [1.82, 2.24) is 15.6 Å². The van der Waals surface area contributed by atoms with Gasteiger partial charge in [-0.05, 0) is 38.1 Å². The first-order valence-electron chi connectivity index (χ1n) is 9.00. The number of amides is 2. The van der Waals surface area contributed by atoms with E-state index in [1.54, 1.807) is 45.1 Å². The van der Waals surface area contributed by atoms with Gasteiger partial charge in [-0.2, -0.15) is 8.78 Å². The van der Waals surface area contributed by atoms with Gasteiger partial charge in [-0.1, -0.05) is 13.0 Å². The second-order valence-corrected chi connectivity index (χ2v) is 8.06. The van der Waals surface area contributed by atoms with E-state index < -0.39 is 22.8 Å². The number of aryl methyl sites for hydroxylation is 1. The molecule has 2 amide bonds. The van der Waals surface area contributed by atoms with Crippen LogP contribution in [0.4, 0.5) is 14.6 Å². The molecule has 2 rings (SSSR count). The van der Waals surface area contributed by atoms with Gasteiger partial charge in [0.15, 0.2) is 0 Å². The Hall–Kier alpha value is -2.08. The number of allylic oxidation sites excluding steroid dienone is 2. The average Bonchev–Trinajstić information content (AvgIpc) is 2.65. The second-order valence-electron chi connectivity index (χ2n) is 6.48. The van der Waals surface area contributed by atoms with Crippen LogP contribution in [0.15, 0.2) is 36.1 Å². The molecule has 10 heteroatoms. The minimum Gasteiger partial charge on any atom is -0.359 e. The lowest BCUT2D eigenvalue weighted by molar-refractivity contribution is -0.115. The van der Waals surface area contributed by atoms with Crippen molar-refractivity contribution in [1.29, 1.82) is 0 Å². The predicted octanol–water partition coefficient (Wildman–Crippen LogP) is 3.27. The molecule has 0 fully saturated rings. The van der Waals surface area contributed by atoms with Crippen molar-refractivity contribution in [3.05, 3.63) is 47.3 Å². The molecule has 0 saturated heterocycles. The molecule has 0 aliphatic carbocycles. The molecule has 0 bridgehead atoms. The molecule has 2 atom stereocenters. The van der Waals surface area contributed by atoms with Crippen molar-refractivity contribution in [3.8, 4) is 0 Å². The number of rotatable bonds is 8. The van der Waals surface area contributed by atoms with Gasteiger partial charge in [-0.25, -0.2) is 4.98 Å². The molecule has 0 saturated carbocycles. The van der Waals surface area contributed by atoms with Crippen LogP contribution in [0.1, 0.15) is 36.3 Å². The normalized spacial score (nSPS) is 17.2. The molecule has 1 aromatic heterocycles. The summed E-state index contributed by atoms with van der Waals surface area (Å²) in [6, 6.07) is 2.68. The third-order valence-electron chi connectivity index (χ3n) is 3.92. The molecule has 158 valence electrons. The summed E-state index contributed by atoms with van der Waals surface area (Å²) in [5.74, 6) is -0.251. The summed E-state index contributed by atoms with van der Waals surface area (Å²) < 4.78 is 28.1. The molecule has 1 unspecified atom stereocenters. The minimum atomic E-state index is -2.96. The Kier molecular flexibility index (Phi) is 8.08. The highest BCUT2D eigenvalue weighted by Crippen LogP contribution is 2.23. The van der Waals surface area contributed by atoms with Crippen LogP contribution in [-0.4, -0.2) is 39.6 Å². The van der Waals surface area contributed by atoms with E-state index in [9.17, 15) is 18.4 Å². The fourth-order valence-corrected chi connectivity index (χ4v) is 2.70. The molecular weight excluding hydrogens is 497 g/mol. The number of ether oxygens (including phenoxy) is 1. The largest absolute Gasteiger partial charge is 0.359 e. The summed E-state index contributed by atoms with van der Waals surface area (Å²) >= 11 is 1.02. The lowest BCUT2D eigenvalue weighted by Gasteiger charge is -2.27. The number of carbonyl (C=O) groups excluding carboxylic acids is 2. The highest BCUT2D eigenvalue weighted by molar-refractivity contribution is 14.1. The molecule has 1 aliphatic rings. The number of dihydropyridines is 1. The molecule has 2 heterocycles. The van der Waals surface area contributed by atoms with Crippen LogP contribution in [0.2, 0.25) is 0 Å². The number of nitrogens with zero attached hydrogens (tertiary/aromatic N) is 1. The van der Waals surface area contributed by atoms with Gasteiger partial charge in [0.25, 0.3) is 5.91 Å². The van der Waals surface area contributed by atoms with Crippen LogP contribution in [-0.2, 0) is 9.53 Å². The quantitative estimate of drug-likeness (QED) is 0.362. The highest BCUT2D eigenvalue weighted by Gasteiger charge is 2.26. The van der Waals surface area contributed by atoms with E-state index in [1.165, 1.54) is 6.07 Å². The first kappa shape index (κ1) is 23.2. The molecule has 29 heavy (non-hydrogen) atoms. The maximum absolute atomic E-state index is 13.0. The Morgan fingerprint density at radius 2 is 2.14 bits per heavy atom. The van der Waals surface area contributed by atoms with Gasteiger partial charge in [0.05, 0.1) is 6.04 Å². The molecular formula is C19H23F2IN4O3. The summed E-state index contributed by atoms with van der Waals surface area (Å²) in [5.41, 5.74) is 1.55. The van der Waals surface area contributed by atoms with Gasteiger partial charge in [0.2, 0.25) is 5.91 Å². The second kappa shape index (κ2) is 10.1. The van der Waals surface area contributed by atoms with E-state index in [4.69, 9.17) is 4.74 Å². The third-order valence-corrected chi connectivity index (χ3v) is 4.23. The molecule has 7 nitrogen and oxygen atoms in total. The fraction of sp³-hybridized carbons (Fsp3) is 0.421. The van der Waals surface area contributed by atoms with Gasteiger partial charge in [-0.3, -0.25) is 9.59 Å². The summed E-state index contributed by atoms with van der Waals surface area (Å²) in [7, 11) is 0. The number of aromatic nitrogens is 1. The molecule has 0 spiro atoms. The number of carbonyl (C=O) groups is 2. The van der Waals surface area contributed by atoms with Crippen LogP contribution >= 0.6 is 22.6 Å². The minimum absolute atomic E-state index is 0.200. The zero-order chi connectivity index (χ0) is 21.6. The molecule has 0 aromatic carbocycles. The summed E-state index contributed by atoms with van der Waals surface area (Å²) in [6.45, 7) is 4.47. The highest BCUT2D eigenvalue weighted by atomic mass is 127. The van der Waals surface area contributed by atoms with E-state index in [1.807, 2.05) is 0 Å². The zero-order valence-corrected chi connectivity index (χ0v) is 18.4. The van der Waals surface area contributed by atoms with Gasteiger partial charge in [0, 0.05) is 46.0 Å². The number of alkyl halides is 3. The number of anilines is 1. The van der Waals surface area contributed by atoms with Crippen molar-refractivity contribution in [2.75, 3.05) is 11.9 Å².